The van der Waals surface area contributed by atoms with Gasteiger partial charge in [0.15, 0.2) is 0 Å². The summed E-state index contributed by atoms with van der Waals surface area (Å²) in [4.78, 5) is 14.4. The van der Waals surface area contributed by atoms with Crippen LogP contribution in [0.15, 0.2) is 0 Å². The zero-order chi connectivity index (χ0) is 14.4. The van der Waals surface area contributed by atoms with Gasteiger partial charge in [-0.25, -0.2) is 4.79 Å². The fraction of sp³-hybridized carbons (Fsp3) is 0.933. The maximum atomic E-state index is 11.8. The number of piperidine rings is 1. The van der Waals surface area contributed by atoms with Crippen LogP contribution in [-0.4, -0.2) is 53.9 Å². The van der Waals surface area contributed by atoms with Gasteiger partial charge in [0.25, 0.3) is 0 Å². The van der Waals surface area contributed by atoms with Crippen molar-refractivity contribution in [3.05, 3.63) is 0 Å². The number of aliphatic hydroxyl groups is 1. The van der Waals surface area contributed by atoms with Gasteiger partial charge in [-0.1, -0.05) is 12.8 Å². The van der Waals surface area contributed by atoms with Crippen LogP contribution in [0.2, 0.25) is 0 Å². The van der Waals surface area contributed by atoms with Gasteiger partial charge in [-0.3, -0.25) is 0 Å². The number of carbonyl (C=O) groups excluding carboxylic acids is 1. The van der Waals surface area contributed by atoms with Gasteiger partial charge in [0.1, 0.15) is 0 Å². The molecule has 0 spiro atoms. The largest absolute Gasteiger partial charge is 0.396 e. The Bertz CT molecular complexity index is 297. The number of aliphatic hydroxyl groups excluding tert-OH is 1. The second kappa shape index (κ2) is 7.84. The number of nitrogens with zero attached hydrogens (tertiary/aromatic N) is 1. The minimum absolute atomic E-state index is 0.0265. The minimum atomic E-state index is -0.0923. The highest BCUT2D eigenvalue weighted by atomic mass is 16.3. The molecule has 2 rings (SSSR count). The van der Waals surface area contributed by atoms with Gasteiger partial charge < -0.3 is 20.6 Å². The molecule has 0 radical (unpaired) electrons. The van der Waals surface area contributed by atoms with Crippen LogP contribution < -0.4 is 10.6 Å². The molecule has 5 nitrogen and oxygen atoms in total. The summed E-state index contributed by atoms with van der Waals surface area (Å²) in [5.41, 5.74) is 0. The number of likely N-dealkylation sites (tertiary alicyclic amines) is 1. The summed E-state index contributed by atoms with van der Waals surface area (Å²) in [5, 5.41) is 14.8. The zero-order valence-electron chi connectivity index (χ0n) is 12.6. The van der Waals surface area contributed by atoms with E-state index in [1.54, 1.807) is 0 Å². The average Bonchev–Trinajstić information content (AvgIpc) is 2.93. The lowest BCUT2D eigenvalue weighted by molar-refractivity contribution is 0.145. The first-order valence-corrected chi connectivity index (χ1v) is 8.11. The molecule has 0 bridgehead atoms. The first-order chi connectivity index (χ1) is 9.69. The van der Waals surface area contributed by atoms with Gasteiger partial charge in [0, 0.05) is 37.8 Å². The number of hydrogen-bond donors (Lipinski definition) is 3. The van der Waals surface area contributed by atoms with Gasteiger partial charge in [-0.05, 0) is 39.0 Å². The lowest BCUT2D eigenvalue weighted by atomic mass is 10.0. The quantitative estimate of drug-likeness (QED) is 0.716. The van der Waals surface area contributed by atoms with Crippen LogP contribution in [0.1, 0.15) is 51.9 Å². The molecule has 2 amide bonds. The third-order valence-electron chi connectivity index (χ3n) is 4.65. The lowest BCUT2D eigenvalue weighted by Gasteiger charge is -2.36. The topological polar surface area (TPSA) is 64.6 Å². The van der Waals surface area contributed by atoms with Gasteiger partial charge >= 0.3 is 6.03 Å². The van der Waals surface area contributed by atoms with Crippen molar-refractivity contribution in [2.45, 2.75) is 70.0 Å². The van der Waals surface area contributed by atoms with Crippen molar-refractivity contribution in [2.75, 3.05) is 19.7 Å². The maximum absolute atomic E-state index is 11.8. The molecule has 1 aliphatic heterocycles. The van der Waals surface area contributed by atoms with E-state index < -0.39 is 0 Å². The number of hydrogen-bond acceptors (Lipinski definition) is 3. The van der Waals surface area contributed by atoms with E-state index in [1.807, 2.05) is 6.92 Å². The van der Waals surface area contributed by atoms with E-state index in [0.29, 0.717) is 12.5 Å². The monoisotopic (exact) mass is 283 g/mol. The Balaban J connectivity index is 1.64. The van der Waals surface area contributed by atoms with Gasteiger partial charge in [-0.2, -0.15) is 0 Å². The summed E-state index contributed by atoms with van der Waals surface area (Å²) in [6.45, 7) is 4.25. The molecule has 1 heterocycles. The van der Waals surface area contributed by atoms with Crippen molar-refractivity contribution in [3.8, 4) is 0 Å². The molecule has 1 saturated heterocycles. The molecular formula is C15H29N3O2. The van der Waals surface area contributed by atoms with Crippen LogP contribution in [0.4, 0.5) is 4.79 Å². The predicted octanol–water partition coefficient (Wildman–Crippen LogP) is 1.46. The predicted molar refractivity (Wildman–Crippen MR) is 79.7 cm³/mol. The Morgan fingerprint density at radius 1 is 1.25 bits per heavy atom. The Kier molecular flexibility index (Phi) is 6.10. The van der Waals surface area contributed by atoms with Crippen LogP contribution in [0, 0.1) is 0 Å². The molecular weight excluding hydrogens is 254 g/mol. The highest BCUT2D eigenvalue weighted by Gasteiger charge is 2.27. The Labute approximate surface area is 122 Å². The molecule has 0 aromatic carbocycles. The number of rotatable bonds is 5. The summed E-state index contributed by atoms with van der Waals surface area (Å²) in [6.07, 6.45) is 8.20. The van der Waals surface area contributed by atoms with Crippen LogP contribution >= 0.6 is 0 Å². The van der Waals surface area contributed by atoms with Crippen molar-refractivity contribution in [1.82, 2.24) is 15.5 Å². The molecule has 1 atom stereocenters. The Morgan fingerprint density at radius 3 is 2.50 bits per heavy atom. The van der Waals surface area contributed by atoms with E-state index in [2.05, 4.69) is 15.5 Å². The van der Waals surface area contributed by atoms with E-state index in [1.165, 1.54) is 25.7 Å². The third kappa shape index (κ3) is 4.63. The van der Waals surface area contributed by atoms with Crippen LogP contribution in [0.25, 0.3) is 0 Å². The summed E-state index contributed by atoms with van der Waals surface area (Å²) in [6, 6.07) is 1.03. The molecule has 0 unspecified atom stereocenters. The second-order valence-electron chi connectivity index (χ2n) is 6.28. The van der Waals surface area contributed by atoms with E-state index in [0.717, 1.165) is 32.0 Å². The van der Waals surface area contributed by atoms with Crippen LogP contribution in [0.5, 0.6) is 0 Å². The Morgan fingerprint density at radius 2 is 1.90 bits per heavy atom. The fourth-order valence-corrected chi connectivity index (χ4v) is 3.40. The molecule has 1 aliphatic carbocycles. The fourth-order valence-electron chi connectivity index (χ4n) is 3.40. The van der Waals surface area contributed by atoms with Crippen LogP contribution in [0.3, 0.4) is 0 Å². The molecule has 1 saturated carbocycles. The molecule has 3 N–H and O–H groups in total. The standard InChI is InChI=1S/C15H29N3O2/c1-12(8-11-19)16-15(20)17-13-6-9-18(10-7-13)14-4-2-3-5-14/h12-14,19H,2-11H2,1H3,(H2,16,17,20)/t12-/m1/s1. The van der Waals surface area contributed by atoms with E-state index >= 15 is 0 Å². The third-order valence-corrected chi connectivity index (χ3v) is 4.65. The summed E-state index contributed by atoms with van der Waals surface area (Å²) >= 11 is 0. The van der Waals surface area contributed by atoms with Crippen LogP contribution in [-0.2, 0) is 0 Å². The first-order valence-electron chi connectivity index (χ1n) is 8.11. The van der Waals surface area contributed by atoms with Crippen molar-refractivity contribution >= 4 is 6.03 Å². The average molecular weight is 283 g/mol. The molecule has 2 fully saturated rings. The van der Waals surface area contributed by atoms with Gasteiger partial charge in [0.2, 0.25) is 0 Å². The summed E-state index contributed by atoms with van der Waals surface area (Å²) < 4.78 is 0. The zero-order valence-corrected chi connectivity index (χ0v) is 12.6. The number of amides is 2. The number of carbonyl (C=O) groups is 1. The Hall–Kier alpha value is -0.810. The first kappa shape index (κ1) is 15.6. The van der Waals surface area contributed by atoms with Crippen molar-refractivity contribution in [2.24, 2.45) is 0 Å². The molecule has 2 aliphatic rings. The molecule has 20 heavy (non-hydrogen) atoms. The lowest BCUT2D eigenvalue weighted by Crippen LogP contribution is -2.51. The molecule has 116 valence electrons. The molecule has 0 aromatic rings. The number of urea groups is 1. The summed E-state index contributed by atoms with van der Waals surface area (Å²) in [7, 11) is 0. The van der Waals surface area contributed by atoms with E-state index in [-0.39, 0.29) is 18.7 Å². The van der Waals surface area contributed by atoms with E-state index in [9.17, 15) is 4.79 Å². The van der Waals surface area contributed by atoms with Crippen molar-refractivity contribution < 1.29 is 9.90 Å². The molecule has 0 aromatic heterocycles. The minimum Gasteiger partial charge on any atom is -0.396 e. The highest BCUT2D eigenvalue weighted by Crippen LogP contribution is 2.26. The van der Waals surface area contributed by atoms with Gasteiger partial charge in [-0.15, -0.1) is 0 Å². The van der Waals surface area contributed by atoms with E-state index in [4.69, 9.17) is 5.11 Å². The smallest absolute Gasteiger partial charge is 0.315 e. The SMILES string of the molecule is C[C@H](CCO)NC(=O)NC1CCN(C2CCCC2)CC1. The summed E-state index contributed by atoms with van der Waals surface area (Å²) in [5.74, 6) is 0. The second-order valence-corrected chi connectivity index (χ2v) is 6.28. The van der Waals surface area contributed by atoms with Crippen molar-refractivity contribution in [1.29, 1.82) is 0 Å². The maximum Gasteiger partial charge on any atom is 0.315 e. The normalized spacial score (nSPS) is 23.7. The highest BCUT2D eigenvalue weighted by molar-refractivity contribution is 5.74. The molecule has 5 heteroatoms. The van der Waals surface area contributed by atoms with Gasteiger partial charge in [0.05, 0.1) is 0 Å². The number of nitrogens with one attached hydrogen (secondary N) is 2. The van der Waals surface area contributed by atoms with Crippen molar-refractivity contribution in [3.63, 3.8) is 0 Å².